The molecular formula is C25H36O17. The normalized spacial score (nSPS) is 44.2. The molecule has 17 heteroatoms. The Balaban J connectivity index is 1.64. The lowest BCUT2D eigenvalue weighted by Gasteiger charge is -2.47. The molecule has 3 heterocycles. The van der Waals surface area contributed by atoms with Gasteiger partial charge in [0.25, 0.3) is 0 Å². The highest BCUT2D eigenvalue weighted by Crippen LogP contribution is 2.39. The van der Waals surface area contributed by atoms with Gasteiger partial charge in [-0.25, -0.2) is 4.79 Å². The molecule has 1 aromatic rings. The first-order valence-electron chi connectivity index (χ1n) is 13.1. The molecule has 3 aliphatic heterocycles. The molecule has 4 rings (SSSR count). The van der Waals surface area contributed by atoms with E-state index in [1.54, 1.807) is 18.2 Å². The van der Waals surface area contributed by atoms with Gasteiger partial charge >= 0.3 is 5.97 Å². The minimum atomic E-state index is -2.49. The Morgan fingerprint density at radius 3 is 1.86 bits per heavy atom. The Hall–Kier alpha value is -1.91. The first-order valence-corrected chi connectivity index (χ1v) is 13.1. The summed E-state index contributed by atoms with van der Waals surface area (Å²) in [4.78, 5) is 12.9. The lowest BCUT2D eigenvalue weighted by Crippen LogP contribution is -2.66. The van der Waals surface area contributed by atoms with Gasteiger partial charge in [0.1, 0.15) is 67.6 Å². The average molecular weight is 609 g/mol. The Bertz CT molecular complexity index is 1010. The first kappa shape index (κ1) is 33.0. The second-order valence-electron chi connectivity index (χ2n) is 10.1. The summed E-state index contributed by atoms with van der Waals surface area (Å²) < 4.78 is 33.3. The summed E-state index contributed by atoms with van der Waals surface area (Å²) in [5.74, 6) is -3.45. The van der Waals surface area contributed by atoms with Gasteiger partial charge < -0.3 is 79.5 Å². The van der Waals surface area contributed by atoms with Gasteiger partial charge in [-0.3, -0.25) is 0 Å². The first-order chi connectivity index (χ1) is 20.0. The number of rotatable bonds is 10. The standard InChI is InChI=1S/C25H36O17/c26-6-11-14(30)17(33)19(35)23(37-11)39-20-18(34)15(31)12(7-27)38-24(20)42-25(9-29)21(16(32)13(8-28)41-25)40-22(36)10-4-2-1-3-5-10/h1-5,11-21,23-24,26-35H,6-9H2/t11-,12-,13-,14-,15-,16-,17+,18+,19-,20-,21+,23+,24-,25+/m1/s1. The second kappa shape index (κ2) is 13.8. The van der Waals surface area contributed by atoms with Crippen LogP contribution in [-0.2, 0) is 28.4 Å². The summed E-state index contributed by atoms with van der Waals surface area (Å²) >= 11 is 0. The molecule has 0 aromatic heterocycles. The van der Waals surface area contributed by atoms with E-state index in [1.165, 1.54) is 12.1 Å². The van der Waals surface area contributed by atoms with Crippen LogP contribution in [0.1, 0.15) is 10.4 Å². The molecule has 10 N–H and O–H groups in total. The van der Waals surface area contributed by atoms with Crippen molar-refractivity contribution in [3.63, 3.8) is 0 Å². The molecule has 0 radical (unpaired) electrons. The number of hydrogen-bond donors (Lipinski definition) is 10. The fourth-order valence-corrected chi connectivity index (χ4v) is 5.00. The van der Waals surface area contributed by atoms with Crippen LogP contribution in [0.3, 0.4) is 0 Å². The van der Waals surface area contributed by atoms with Crippen LogP contribution >= 0.6 is 0 Å². The zero-order valence-corrected chi connectivity index (χ0v) is 22.1. The van der Waals surface area contributed by atoms with E-state index >= 15 is 0 Å². The highest BCUT2D eigenvalue weighted by molar-refractivity contribution is 5.89. The third kappa shape index (κ3) is 6.32. The van der Waals surface area contributed by atoms with Crippen molar-refractivity contribution in [2.45, 2.75) is 85.5 Å². The van der Waals surface area contributed by atoms with E-state index in [9.17, 15) is 55.9 Å². The lowest BCUT2D eigenvalue weighted by atomic mass is 9.97. The van der Waals surface area contributed by atoms with Gasteiger partial charge in [-0.2, -0.15) is 0 Å². The van der Waals surface area contributed by atoms with E-state index in [0.29, 0.717) is 0 Å². The molecule has 0 spiro atoms. The summed E-state index contributed by atoms with van der Waals surface area (Å²) in [6.07, 6.45) is -23.0. The van der Waals surface area contributed by atoms with Crippen LogP contribution in [0, 0.1) is 0 Å². The van der Waals surface area contributed by atoms with E-state index in [2.05, 4.69) is 0 Å². The van der Waals surface area contributed by atoms with Gasteiger partial charge in [0, 0.05) is 0 Å². The number of hydrogen-bond acceptors (Lipinski definition) is 17. The predicted octanol–water partition coefficient (Wildman–Crippen LogP) is -5.71. The zero-order chi connectivity index (χ0) is 30.8. The van der Waals surface area contributed by atoms with E-state index in [0.717, 1.165) is 0 Å². The topological polar surface area (TPSA) is 275 Å². The highest BCUT2D eigenvalue weighted by atomic mass is 16.8. The van der Waals surface area contributed by atoms with Crippen LogP contribution in [-0.4, -0.2) is 169 Å². The molecule has 3 fully saturated rings. The van der Waals surface area contributed by atoms with Gasteiger partial charge in [-0.15, -0.1) is 0 Å². The molecule has 238 valence electrons. The smallest absolute Gasteiger partial charge is 0.338 e. The number of aliphatic hydroxyl groups is 10. The number of ether oxygens (including phenoxy) is 6. The van der Waals surface area contributed by atoms with Gasteiger partial charge in [-0.05, 0) is 12.1 Å². The molecule has 0 bridgehead atoms. The predicted molar refractivity (Wildman–Crippen MR) is 131 cm³/mol. The fourth-order valence-electron chi connectivity index (χ4n) is 5.00. The molecule has 0 unspecified atom stereocenters. The minimum absolute atomic E-state index is 0.0561. The Kier molecular flexibility index (Phi) is 10.8. The molecule has 0 aliphatic carbocycles. The van der Waals surface area contributed by atoms with Gasteiger partial charge in [-0.1, -0.05) is 18.2 Å². The molecule has 17 nitrogen and oxygen atoms in total. The summed E-state index contributed by atoms with van der Waals surface area (Å²) in [6, 6.07) is 7.55. The third-order valence-electron chi connectivity index (χ3n) is 7.40. The van der Waals surface area contributed by atoms with Crippen molar-refractivity contribution >= 4 is 5.97 Å². The molecule has 1 aromatic carbocycles. The molecule has 42 heavy (non-hydrogen) atoms. The Morgan fingerprint density at radius 2 is 1.29 bits per heavy atom. The van der Waals surface area contributed by atoms with E-state index < -0.39 is 118 Å². The molecule has 14 atom stereocenters. The third-order valence-corrected chi connectivity index (χ3v) is 7.40. The quantitative estimate of drug-likeness (QED) is 0.111. The number of carbonyl (C=O) groups is 1. The summed E-state index contributed by atoms with van der Waals surface area (Å²) in [6.45, 7) is -3.61. The highest BCUT2D eigenvalue weighted by Gasteiger charge is 2.61. The van der Waals surface area contributed by atoms with Crippen molar-refractivity contribution < 1.29 is 84.3 Å². The number of carbonyl (C=O) groups excluding carboxylic acids is 1. The van der Waals surface area contributed by atoms with Gasteiger partial charge in [0.05, 0.1) is 25.4 Å². The van der Waals surface area contributed by atoms with Crippen molar-refractivity contribution in [2.24, 2.45) is 0 Å². The van der Waals surface area contributed by atoms with Gasteiger partial charge in [0.2, 0.25) is 5.79 Å². The SMILES string of the molecule is O=C(O[C@H]1[C@H](O)[C@@H](CO)O[C@@]1(CO)O[C@H]1O[C@H](CO)[C@@H](O)[C@H](O)[C@H]1O[C@@H]1O[C@H](CO)[C@@H](O)[C@H](O)[C@H]1O)c1ccccc1. The maximum absolute atomic E-state index is 12.9. The van der Waals surface area contributed by atoms with Crippen LogP contribution in [0.2, 0.25) is 0 Å². The van der Waals surface area contributed by atoms with E-state index in [-0.39, 0.29) is 5.56 Å². The largest absolute Gasteiger partial charge is 0.450 e. The average Bonchev–Trinajstić information content (AvgIpc) is 3.27. The van der Waals surface area contributed by atoms with Gasteiger partial charge in [0.15, 0.2) is 18.7 Å². The molecule has 3 saturated heterocycles. The fraction of sp³-hybridized carbons (Fsp3) is 0.720. The minimum Gasteiger partial charge on any atom is -0.450 e. The lowest BCUT2D eigenvalue weighted by molar-refractivity contribution is -0.407. The van der Waals surface area contributed by atoms with Crippen molar-refractivity contribution in [1.82, 2.24) is 0 Å². The zero-order valence-electron chi connectivity index (χ0n) is 22.1. The monoisotopic (exact) mass is 608 g/mol. The molecule has 0 amide bonds. The second-order valence-corrected chi connectivity index (χ2v) is 10.1. The van der Waals surface area contributed by atoms with Crippen LogP contribution < -0.4 is 0 Å². The Morgan fingerprint density at radius 1 is 0.714 bits per heavy atom. The summed E-state index contributed by atoms with van der Waals surface area (Å²) in [5.41, 5.74) is 0.0561. The Labute approximate surface area is 238 Å². The van der Waals surface area contributed by atoms with Crippen molar-refractivity contribution in [2.75, 3.05) is 26.4 Å². The van der Waals surface area contributed by atoms with E-state index in [4.69, 9.17) is 28.4 Å². The number of benzene rings is 1. The maximum Gasteiger partial charge on any atom is 0.338 e. The molecule has 0 saturated carbocycles. The number of esters is 1. The maximum atomic E-state index is 12.9. The van der Waals surface area contributed by atoms with Crippen LogP contribution in [0.4, 0.5) is 0 Å². The van der Waals surface area contributed by atoms with Crippen LogP contribution in [0.15, 0.2) is 30.3 Å². The van der Waals surface area contributed by atoms with Crippen molar-refractivity contribution in [3.8, 4) is 0 Å². The summed E-state index contributed by atoms with van der Waals surface area (Å²) in [7, 11) is 0. The van der Waals surface area contributed by atoms with Crippen LogP contribution in [0.25, 0.3) is 0 Å². The molecular weight excluding hydrogens is 572 g/mol. The summed E-state index contributed by atoms with van der Waals surface area (Å²) in [5, 5.41) is 102. The van der Waals surface area contributed by atoms with Crippen molar-refractivity contribution in [1.29, 1.82) is 0 Å². The molecule has 3 aliphatic rings. The number of aliphatic hydroxyl groups excluding tert-OH is 10. The van der Waals surface area contributed by atoms with Crippen LogP contribution in [0.5, 0.6) is 0 Å². The van der Waals surface area contributed by atoms with Crippen molar-refractivity contribution in [3.05, 3.63) is 35.9 Å². The van der Waals surface area contributed by atoms with E-state index in [1.807, 2.05) is 0 Å².